The maximum absolute atomic E-state index is 12.2. The summed E-state index contributed by atoms with van der Waals surface area (Å²) in [5.41, 5.74) is 2.14. The minimum Gasteiger partial charge on any atom is -0.484 e. The van der Waals surface area contributed by atoms with Gasteiger partial charge in [-0.3, -0.25) is 9.59 Å². The SMILES string of the molecule is Cc1ccc(OCC(=O)N(CCC(=O)O)C2CC2)c(C)c1. The van der Waals surface area contributed by atoms with Crippen molar-refractivity contribution in [2.75, 3.05) is 13.2 Å². The third kappa shape index (κ3) is 4.48. The van der Waals surface area contributed by atoms with E-state index in [0.29, 0.717) is 5.75 Å². The normalized spacial score (nSPS) is 13.8. The van der Waals surface area contributed by atoms with Gasteiger partial charge in [-0.2, -0.15) is 0 Å². The van der Waals surface area contributed by atoms with E-state index in [0.717, 1.165) is 24.0 Å². The molecule has 1 saturated carbocycles. The van der Waals surface area contributed by atoms with Crippen molar-refractivity contribution in [3.63, 3.8) is 0 Å². The minimum absolute atomic E-state index is 0.0220. The Morgan fingerprint density at radius 3 is 2.62 bits per heavy atom. The molecule has 0 aliphatic heterocycles. The lowest BCUT2D eigenvalue weighted by Crippen LogP contribution is -2.38. The highest BCUT2D eigenvalue weighted by molar-refractivity contribution is 5.79. The highest BCUT2D eigenvalue weighted by Crippen LogP contribution is 2.27. The van der Waals surface area contributed by atoms with Crippen LogP contribution in [0, 0.1) is 13.8 Å². The summed E-state index contributed by atoms with van der Waals surface area (Å²) in [5, 5.41) is 8.75. The van der Waals surface area contributed by atoms with Gasteiger partial charge in [0.05, 0.1) is 6.42 Å². The molecule has 0 spiro atoms. The second-order valence-electron chi connectivity index (χ2n) is 5.52. The van der Waals surface area contributed by atoms with E-state index in [1.54, 1.807) is 4.90 Å². The number of aryl methyl sites for hydroxylation is 2. The summed E-state index contributed by atoms with van der Waals surface area (Å²) in [5.74, 6) is -0.328. The number of carbonyl (C=O) groups excluding carboxylic acids is 1. The molecule has 1 aliphatic rings. The Labute approximate surface area is 124 Å². The van der Waals surface area contributed by atoms with Crippen molar-refractivity contribution in [3.8, 4) is 5.75 Å². The van der Waals surface area contributed by atoms with Gasteiger partial charge in [0.2, 0.25) is 0 Å². The van der Waals surface area contributed by atoms with Gasteiger partial charge in [0.15, 0.2) is 6.61 Å². The topological polar surface area (TPSA) is 66.8 Å². The van der Waals surface area contributed by atoms with Crippen molar-refractivity contribution >= 4 is 11.9 Å². The standard InChI is InChI=1S/C16H21NO4/c1-11-3-6-14(12(2)9-11)21-10-15(18)17(13-4-5-13)8-7-16(19)20/h3,6,9,13H,4-5,7-8,10H2,1-2H3,(H,19,20). The fourth-order valence-corrected chi connectivity index (χ4v) is 2.30. The molecule has 0 aromatic heterocycles. The Balaban J connectivity index is 1.91. The van der Waals surface area contributed by atoms with Crippen LogP contribution in [0.3, 0.4) is 0 Å². The number of hydrogen-bond donors (Lipinski definition) is 1. The molecule has 0 radical (unpaired) electrons. The highest BCUT2D eigenvalue weighted by atomic mass is 16.5. The molecule has 1 aromatic carbocycles. The molecule has 5 heteroatoms. The number of carbonyl (C=O) groups is 2. The summed E-state index contributed by atoms with van der Waals surface area (Å²) in [6, 6.07) is 6.00. The number of ether oxygens (including phenoxy) is 1. The average Bonchev–Trinajstić information content (AvgIpc) is 3.22. The molecule has 0 bridgehead atoms. The van der Waals surface area contributed by atoms with Gasteiger partial charge in [-0.1, -0.05) is 17.7 Å². The smallest absolute Gasteiger partial charge is 0.305 e. The van der Waals surface area contributed by atoms with Gasteiger partial charge < -0.3 is 14.7 Å². The van der Waals surface area contributed by atoms with Gasteiger partial charge >= 0.3 is 5.97 Å². The van der Waals surface area contributed by atoms with Crippen LogP contribution in [0.1, 0.15) is 30.4 Å². The predicted octanol–water partition coefficient (Wildman–Crippen LogP) is 2.15. The van der Waals surface area contributed by atoms with E-state index in [4.69, 9.17) is 9.84 Å². The van der Waals surface area contributed by atoms with Crippen LogP contribution >= 0.6 is 0 Å². The van der Waals surface area contributed by atoms with Crippen LogP contribution in [0.15, 0.2) is 18.2 Å². The van der Waals surface area contributed by atoms with Gasteiger partial charge in [-0.25, -0.2) is 0 Å². The largest absolute Gasteiger partial charge is 0.484 e. The van der Waals surface area contributed by atoms with Crippen molar-refractivity contribution in [1.82, 2.24) is 4.90 Å². The van der Waals surface area contributed by atoms with Crippen LogP contribution in [0.5, 0.6) is 5.75 Å². The van der Waals surface area contributed by atoms with Crippen molar-refractivity contribution < 1.29 is 19.4 Å². The van der Waals surface area contributed by atoms with Crippen LogP contribution in [0.4, 0.5) is 0 Å². The monoisotopic (exact) mass is 291 g/mol. The Morgan fingerprint density at radius 2 is 2.05 bits per heavy atom. The summed E-state index contributed by atoms with van der Waals surface area (Å²) in [4.78, 5) is 24.5. The maximum atomic E-state index is 12.2. The molecule has 1 fully saturated rings. The molecule has 1 N–H and O–H groups in total. The van der Waals surface area contributed by atoms with E-state index in [1.165, 1.54) is 0 Å². The number of benzene rings is 1. The lowest BCUT2D eigenvalue weighted by molar-refractivity contribution is -0.139. The zero-order valence-corrected chi connectivity index (χ0v) is 12.5. The zero-order chi connectivity index (χ0) is 15.4. The molecular weight excluding hydrogens is 270 g/mol. The summed E-state index contributed by atoms with van der Waals surface area (Å²) in [6.45, 7) is 4.16. The first-order chi connectivity index (χ1) is 9.97. The van der Waals surface area contributed by atoms with Gasteiger partial charge in [0.25, 0.3) is 5.91 Å². The van der Waals surface area contributed by atoms with E-state index < -0.39 is 5.97 Å². The summed E-state index contributed by atoms with van der Waals surface area (Å²) in [7, 11) is 0. The molecule has 0 heterocycles. The number of hydrogen-bond acceptors (Lipinski definition) is 3. The molecule has 1 aliphatic carbocycles. The first kappa shape index (κ1) is 15.4. The quantitative estimate of drug-likeness (QED) is 0.836. The van der Waals surface area contributed by atoms with Crippen LogP contribution in [-0.2, 0) is 9.59 Å². The molecule has 0 saturated heterocycles. The lowest BCUT2D eigenvalue weighted by Gasteiger charge is -2.22. The molecule has 1 aromatic rings. The Bertz CT molecular complexity index is 537. The van der Waals surface area contributed by atoms with Crippen molar-refractivity contribution in [3.05, 3.63) is 29.3 Å². The molecule has 114 valence electrons. The average molecular weight is 291 g/mol. The zero-order valence-electron chi connectivity index (χ0n) is 12.5. The molecule has 0 unspecified atom stereocenters. The Hall–Kier alpha value is -2.04. The third-order valence-corrected chi connectivity index (χ3v) is 3.56. The fourth-order valence-electron chi connectivity index (χ4n) is 2.30. The first-order valence-corrected chi connectivity index (χ1v) is 7.18. The van der Waals surface area contributed by atoms with Crippen molar-refractivity contribution in [2.45, 2.75) is 39.2 Å². The molecule has 21 heavy (non-hydrogen) atoms. The summed E-state index contributed by atoms with van der Waals surface area (Å²) < 4.78 is 5.58. The summed E-state index contributed by atoms with van der Waals surface area (Å²) >= 11 is 0. The molecule has 5 nitrogen and oxygen atoms in total. The Kier molecular flexibility index (Phi) is 4.83. The number of carboxylic acids is 1. The lowest BCUT2D eigenvalue weighted by atomic mass is 10.1. The summed E-state index contributed by atoms with van der Waals surface area (Å²) in [6.07, 6.45) is 1.88. The van der Waals surface area contributed by atoms with Crippen LogP contribution in [-0.4, -0.2) is 41.1 Å². The van der Waals surface area contributed by atoms with Crippen molar-refractivity contribution in [2.24, 2.45) is 0 Å². The number of aliphatic carboxylic acids is 1. The number of rotatable bonds is 7. The van der Waals surface area contributed by atoms with Crippen LogP contribution in [0.2, 0.25) is 0 Å². The Morgan fingerprint density at radius 1 is 1.33 bits per heavy atom. The van der Waals surface area contributed by atoms with Crippen LogP contribution < -0.4 is 4.74 Å². The molecule has 0 atom stereocenters. The van der Waals surface area contributed by atoms with E-state index in [1.807, 2.05) is 32.0 Å². The van der Waals surface area contributed by atoms with E-state index in [-0.39, 0.29) is 31.5 Å². The van der Waals surface area contributed by atoms with Crippen LogP contribution in [0.25, 0.3) is 0 Å². The second kappa shape index (κ2) is 6.61. The molecular formula is C16H21NO4. The van der Waals surface area contributed by atoms with Gasteiger partial charge in [0, 0.05) is 12.6 Å². The number of nitrogens with zero attached hydrogens (tertiary/aromatic N) is 1. The number of carboxylic acid groups (broad SMARTS) is 1. The second-order valence-corrected chi connectivity index (χ2v) is 5.52. The molecule has 2 rings (SSSR count). The maximum Gasteiger partial charge on any atom is 0.305 e. The third-order valence-electron chi connectivity index (χ3n) is 3.56. The highest BCUT2D eigenvalue weighted by Gasteiger charge is 2.32. The van der Waals surface area contributed by atoms with E-state index in [2.05, 4.69) is 0 Å². The first-order valence-electron chi connectivity index (χ1n) is 7.18. The predicted molar refractivity (Wildman–Crippen MR) is 78.4 cm³/mol. The van der Waals surface area contributed by atoms with E-state index in [9.17, 15) is 9.59 Å². The van der Waals surface area contributed by atoms with Gasteiger partial charge in [0.1, 0.15) is 5.75 Å². The number of amides is 1. The van der Waals surface area contributed by atoms with E-state index >= 15 is 0 Å². The molecule has 1 amide bonds. The fraction of sp³-hybridized carbons (Fsp3) is 0.500. The van der Waals surface area contributed by atoms with Gasteiger partial charge in [-0.05, 0) is 38.3 Å². The van der Waals surface area contributed by atoms with Gasteiger partial charge in [-0.15, -0.1) is 0 Å². The van der Waals surface area contributed by atoms with Crippen molar-refractivity contribution in [1.29, 1.82) is 0 Å². The minimum atomic E-state index is -0.885.